The fourth-order valence-corrected chi connectivity index (χ4v) is 1.49. The van der Waals surface area contributed by atoms with Crippen molar-refractivity contribution in [3.8, 4) is 5.75 Å². The van der Waals surface area contributed by atoms with Gasteiger partial charge in [-0.25, -0.2) is 4.79 Å². The van der Waals surface area contributed by atoms with Crippen LogP contribution in [0.5, 0.6) is 5.75 Å². The first-order chi connectivity index (χ1) is 7.65. The first-order valence-electron chi connectivity index (χ1n) is 5.05. The minimum absolute atomic E-state index is 0.199. The van der Waals surface area contributed by atoms with E-state index in [4.69, 9.17) is 15.2 Å². The Labute approximate surface area is 93.7 Å². The van der Waals surface area contributed by atoms with Crippen molar-refractivity contribution in [2.45, 2.75) is 6.10 Å². The van der Waals surface area contributed by atoms with Crippen molar-refractivity contribution in [1.82, 2.24) is 4.90 Å². The molecular formula is C11H14N2O3. The molecule has 0 aliphatic carbocycles. The number of ether oxygens (including phenoxy) is 2. The molecule has 2 N–H and O–H groups in total. The van der Waals surface area contributed by atoms with E-state index in [1.54, 1.807) is 31.3 Å². The van der Waals surface area contributed by atoms with Gasteiger partial charge in [-0.15, -0.1) is 0 Å². The Bertz CT molecular complexity index is 377. The van der Waals surface area contributed by atoms with Gasteiger partial charge in [-0.2, -0.15) is 0 Å². The third-order valence-corrected chi connectivity index (χ3v) is 2.37. The number of rotatable bonds is 3. The van der Waals surface area contributed by atoms with Crippen LogP contribution in [0, 0.1) is 0 Å². The molecule has 86 valence electrons. The summed E-state index contributed by atoms with van der Waals surface area (Å²) in [6, 6.07) is 7.11. The number of hydrogen-bond donors (Lipinski definition) is 1. The van der Waals surface area contributed by atoms with Gasteiger partial charge >= 0.3 is 6.09 Å². The van der Waals surface area contributed by atoms with Gasteiger partial charge in [0, 0.05) is 12.7 Å². The van der Waals surface area contributed by atoms with Crippen molar-refractivity contribution in [2.24, 2.45) is 0 Å². The number of amides is 1. The van der Waals surface area contributed by atoms with Gasteiger partial charge in [0.25, 0.3) is 0 Å². The van der Waals surface area contributed by atoms with Crippen molar-refractivity contribution in [1.29, 1.82) is 0 Å². The molecule has 0 saturated carbocycles. The lowest BCUT2D eigenvalue weighted by atomic mass is 10.3. The van der Waals surface area contributed by atoms with Gasteiger partial charge in [0.15, 0.2) is 6.10 Å². The third kappa shape index (κ3) is 2.36. The smallest absolute Gasteiger partial charge is 0.410 e. The van der Waals surface area contributed by atoms with Crippen LogP contribution in [0.4, 0.5) is 10.5 Å². The molecule has 0 spiro atoms. The minimum atomic E-state index is -0.300. The highest BCUT2D eigenvalue weighted by Crippen LogP contribution is 2.15. The zero-order valence-electron chi connectivity index (χ0n) is 9.05. The summed E-state index contributed by atoms with van der Waals surface area (Å²) in [4.78, 5) is 12.6. The van der Waals surface area contributed by atoms with Crippen LogP contribution < -0.4 is 10.5 Å². The zero-order chi connectivity index (χ0) is 11.5. The predicted molar refractivity (Wildman–Crippen MR) is 59.2 cm³/mol. The number of anilines is 1. The number of cyclic esters (lactones) is 1. The van der Waals surface area contributed by atoms with E-state index in [0.29, 0.717) is 18.8 Å². The second-order valence-electron chi connectivity index (χ2n) is 3.77. The summed E-state index contributed by atoms with van der Waals surface area (Å²) in [5, 5.41) is 0. The fourth-order valence-electron chi connectivity index (χ4n) is 1.49. The fraction of sp³-hybridized carbons (Fsp3) is 0.364. The molecule has 1 unspecified atom stereocenters. The van der Waals surface area contributed by atoms with E-state index < -0.39 is 0 Å². The van der Waals surface area contributed by atoms with Gasteiger partial charge in [-0.1, -0.05) is 0 Å². The van der Waals surface area contributed by atoms with Crippen LogP contribution in [0.2, 0.25) is 0 Å². The van der Waals surface area contributed by atoms with Crippen LogP contribution in [0.25, 0.3) is 0 Å². The average Bonchev–Trinajstić information content (AvgIpc) is 2.58. The topological polar surface area (TPSA) is 64.8 Å². The molecule has 0 aromatic heterocycles. The van der Waals surface area contributed by atoms with Crippen molar-refractivity contribution in [3.63, 3.8) is 0 Å². The second-order valence-corrected chi connectivity index (χ2v) is 3.77. The Morgan fingerprint density at radius 2 is 2.19 bits per heavy atom. The lowest BCUT2D eigenvalue weighted by Crippen LogP contribution is -2.23. The first-order valence-corrected chi connectivity index (χ1v) is 5.05. The quantitative estimate of drug-likeness (QED) is 0.778. The van der Waals surface area contributed by atoms with Crippen molar-refractivity contribution < 1.29 is 14.3 Å². The SMILES string of the molecule is CN1CC(COc2ccc(N)cc2)OC1=O. The molecule has 1 aromatic carbocycles. The predicted octanol–water partition coefficient (Wildman–Crippen LogP) is 1.10. The number of benzene rings is 1. The third-order valence-electron chi connectivity index (χ3n) is 2.37. The van der Waals surface area contributed by atoms with Crippen molar-refractivity contribution in [3.05, 3.63) is 24.3 Å². The van der Waals surface area contributed by atoms with E-state index in [1.807, 2.05) is 0 Å². The molecule has 1 saturated heterocycles. The number of carbonyl (C=O) groups is 1. The average molecular weight is 222 g/mol. The highest BCUT2D eigenvalue weighted by atomic mass is 16.6. The molecule has 1 aliphatic rings. The molecule has 2 rings (SSSR count). The van der Waals surface area contributed by atoms with Crippen LogP contribution in [0.15, 0.2) is 24.3 Å². The Morgan fingerprint density at radius 1 is 1.50 bits per heavy atom. The monoisotopic (exact) mass is 222 g/mol. The Hall–Kier alpha value is -1.91. The van der Waals surface area contributed by atoms with Gasteiger partial charge in [0.1, 0.15) is 12.4 Å². The van der Waals surface area contributed by atoms with E-state index in [-0.39, 0.29) is 12.2 Å². The summed E-state index contributed by atoms with van der Waals surface area (Å²) >= 11 is 0. The van der Waals surface area contributed by atoms with Gasteiger partial charge in [-0.05, 0) is 24.3 Å². The summed E-state index contributed by atoms with van der Waals surface area (Å²) in [5.41, 5.74) is 6.24. The Morgan fingerprint density at radius 3 is 2.75 bits per heavy atom. The molecule has 5 heteroatoms. The molecule has 1 aliphatic heterocycles. The Balaban J connectivity index is 1.84. The number of nitrogens with zero attached hydrogens (tertiary/aromatic N) is 1. The van der Waals surface area contributed by atoms with E-state index in [9.17, 15) is 4.79 Å². The van der Waals surface area contributed by atoms with Gasteiger partial charge in [0.05, 0.1) is 6.54 Å². The maximum Gasteiger partial charge on any atom is 0.410 e. The summed E-state index contributed by atoms with van der Waals surface area (Å²) in [6.07, 6.45) is -0.499. The zero-order valence-corrected chi connectivity index (χ0v) is 9.05. The number of carbonyl (C=O) groups excluding carboxylic acids is 1. The molecule has 0 radical (unpaired) electrons. The van der Waals surface area contributed by atoms with Crippen LogP contribution in [-0.4, -0.2) is 37.3 Å². The maximum atomic E-state index is 11.1. The number of hydrogen-bond acceptors (Lipinski definition) is 4. The van der Waals surface area contributed by atoms with E-state index in [0.717, 1.165) is 5.75 Å². The molecule has 1 amide bonds. The normalized spacial score (nSPS) is 19.7. The minimum Gasteiger partial charge on any atom is -0.490 e. The maximum absolute atomic E-state index is 11.1. The van der Waals surface area contributed by atoms with Crippen molar-refractivity contribution in [2.75, 3.05) is 25.9 Å². The highest BCUT2D eigenvalue weighted by Gasteiger charge is 2.28. The summed E-state index contributed by atoms with van der Waals surface area (Å²) in [5.74, 6) is 0.722. The molecule has 0 bridgehead atoms. The Kier molecular flexibility index (Phi) is 2.85. The first kappa shape index (κ1) is 10.6. The summed E-state index contributed by atoms with van der Waals surface area (Å²) in [7, 11) is 1.70. The van der Waals surface area contributed by atoms with Crippen LogP contribution >= 0.6 is 0 Å². The number of likely N-dealkylation sites (N-methyl/N-ethyl adjacent to an activating group) is 1. The van der Waals surface area contributed by atoms with E-state index >= 15 is 0 Å². The van der Waals surface area contributed by atoms with Gasteiger partial charge in [-0.3, -0.25) is 0 Å². The van der Waals surface area contributed by atoms with Gasteiger partial charge < -0.3 is 20.1 Å². The lowest BCUT2D eigenvalue weighted by molar-refractivity contribution is 0.103. The molecule has 1 aromatic rings. The standard InChI is InChI=1S/C11H14N2O3/c1-13-6-10(16-11(13)14)7-15-9-4-2-8(12)3-5-9/h2-5,10H,6-7,12H2,1H3. The van der Waals surface area contributed by atoms with Crippen LogP contribution in [0.3, 0.4) is 0 Å². The van der Waals surface area contributed by atoms with Crippen LogP contribution in [0.1, 0.15) is 0 Å². The largest absolute Gasteiger partial charge is 0.490 e. The number of nitrogens with two attached hydrogens (primary N) is 1. The van der Waals surface area contributed by atoms with Crippen LogP contribution in [-0.2, 0) is 4.74 Å². The van der Waals surface area contributed by atoms with Gasteiger partial charge in [0.2, 0.25) is 0 Å². The summed E-state index contributed by atoms with van der Waals surface area (Å²) in [6.45, 7) is 0.924. The molecular weight excluding hydrogens is 208 g/mol. The molecule has 1 fully saturated rings. The molecule has 16 heavy (non-hydrogen) atoms. The highest BCUT2D eigenvalue weighted by molar-refractivity contribution is 5.69. The number of nitrogen functional groups attached to an aromatic ring is 1. The molecule has 1 atom stereocenters. The molecule has 1 heterocycles. The van der Waals surface area contributed by atoms with E-state index in [1.165, 1.54) is 4.90 Å². The second kappa shape index (κ2) is 4.30. The van der Waals surface area contributed by atoms with Crippen molar-refractivity contribution >= 4 is 11.8 Å². The summed E-state index contributed by atoms with van der Waals surface area (Å²) < 4.78 is 10.5. The van der Waals surface area contributed by atoms with E-state index in [2.05, 4.69) is 0 Å². The lowest BCUT2D eigenvalue weighted by Gasteiger charge is -2.10. The molecule has 5 nitrogen and oxygen atoms in total.